The summed E-state index contributed by atoms with van der Waals surface area (Å²) in [5, 5.41) is 0. The monoisotopic (exact) mass is 327 g/mol. The van der Waals surface area contributed by atoms with Crippen LogP contribution in [-0.4, -0.2) is 37.1 Å². The third-order valence-corrected chi connectivity index (χ3v) is 3.52. The lowest BCUT2D eigenvalue weighted by Crippen LogP contribution is -2.40. The average Bonchev–Trinajstić information content (AvgIpc) is 2.12. The molecule has 0 fully saturated rings. The van der Waals surface area contributed by atoms with Crippen LogP contribution >= 0.6 is 0 Å². The van der Waals surface area contributed by atoms with Gasteiger partial charge >= 0.3 is 27.9 Å². The van der Waals surface area contributed by atoms with Gasteiger partial charge in [0.2, 0.25) is 11.3 Å². The largest absolute Gasteiger partial charge is 0.512 e. The number of rotatable bonds is 6. The van der Waals surface area contributed by atoms with E-state index in [2.05, 4.69) is 4.18 Å². The van der Waals surface area contributed by atoms with Gasteiger partial charge in [0.25, 0.3) is 0 Å². The zero-order valence-electron chi connectivity index (χ0n) is 7.88. The maximum absolute atomic E-state index is 12.2. The molecule has 14 heteroatoms. The molecule has 0 aliphatic carbocycles. The summed E-state index contributed by atoms with van der Waals surface area (Å²) in [6.45, 7) is -2.22. The Morgan fingerprint density at radius 3 is 1.94 bits per heavy atom. The number of hydrogen-bond acceptors (Lipinski definition) is 4. The van der Waals surface area contributed by atoms with E-state index in [1.807, 2.05) is 0 Å². The minimum atomic E-state index is -6.09. The Bertz CT molecular complexity index is 404. The van der Waals surface area contributed by atoms with Gasteiger partial charge in [0, 0.05) is 0 Å². The molecule has 18 heavy (non-hydrogen) atoms. The molecule has 1 unspecified atom stereocenters. The van der Waals surface area contributed by atoms with Crippen molar-refractivity contribution in [2.24, 2.45) is 0 Å². The highest BCUT2D eigenvalue weighted by molar-refractivity contribution is 8.00. The van der Waals surface area contributed by atoms with Gasteiger partial charge in [-0.2, -0.15) is 22.0 Å². The third-order valence-electron chi connectivity index (χ3n) is 1.16. The van der Waals surface area contributed by atoms with Gasteiger partial charge in [0.05, 0.1) is 0 Å². The van der Waals surface area contributed by atoms with Crippen LogP contribution in [0.3, 0.4) is 0 Å². The van der Waals surface area contributed by atoms with Gasteiger partial charge in [-0.25, -0.2) is 21.4 Å². The first kappa shape index (κ1) is 17.5. The molecular weight excluding hydrogens is 323 g/mol. The lowest BCUT2D eigenvalue weighted by Gasteiger charge is -2.14. The minimum Gasteiger partial charge on any atom is -0.271 e. The summed E-state index contributed by atoms with van der Waals surface area (Å²) < 4.78 is 117. The van der Waals surface area contributed by atoms with E-state index in [0.29, 0.717) is 4.13 Å². The summed E-state index contributed by atoms with van der Waals surface area (Å²) >= 11 is -3.57. The molecule has 1 atom stereocenters. The number of halogens is 7. The number of hydrogen-bond donors (Lipinski definition) is 1. The fourth-order valence-electron chi connectivity index (χ4n) is 0.356. The van der Waals surface area contributed by atoms with Crippen LogP contribution in [0.2, 0.25) is 0 Å². The van der Waals surface area contributed by atoms with Crippen molar-refractivity contribution in [3.8, 4) is 0 Å². The van der Waals surface area contributed by atoms with E-state index in [9.17, 15) is 43.4 Å². The van der Waals surface area contributed by atoms with E-state index in [0.717, 1.165) is 0 Å². The molecule has 5 nitrogen and oxygen atoms in total. The van der Waals surface area contributed by atoms with Crippen LogP contribution < -0.4 is 4.13 Å². The molecule has 0 aliphatic heterocycles. The molecule has 0 aromatic rings. The topological polar surface area (TPSA) is 72.5 Å². The maximum Gasteiger partial charge on any atom is 0.512 e. The Hall–Kier alpha value is -0.470. The van der Waals surface area contributed by atoms with Gasteiger partial charge in [0.1, 0.15) is 6.61 Å². The van der Waals surface area contributed by atoms with E-state index < -0.39 is 45.8 Å². The van der Waals surface area contributed by atoms with Crippen molar-refractivity contribution in [1.29, 1.82) is 0 Å². The summed E-state index contributed by atoms with van der Waals surface area (Å²) in [6.07, 6.45) is -4.21. The van der Waals surface area contributed by atoms with Gasteiger partial charge in [0.15, 0.2) is 0 Å². The summed E-state index contributed by atoms with van der Waals surface area (Å²) in [4.78, 5) is 0. The van der Waals surface area contributed by atoms with E-state index >= 15 is 0 Å². The summed E-state index contributed by atoms with van der Waals surface area (Å²) in [7, 11) is -6.09. The molecule has 0 aromatic carbocycles. The molecule has 1 N–H and O–H groups in total. The minimum absolute atomic E-state index is 0.327. The Labute approximate surface area is 98.1 Å². The lowest BCUT2D eigenvalue weighted by atomic mass is 10.4. The van der Waals surface area contributed by atoms with E-state index in [4.69, 9.17) is 0 Å². The molecule has 0 rings (SSSR count). The molecule has 0 radical (unpaired) electrons. The fourth-order valence-corrected chi connectivity index (χ4v) is 1.91. The van der Waals surface area contributed by atoms with Crippen molar-refractivity contribution in [2.75, 3.05) is 6.61 Å². The van der Waals surface area contributed by atoms with Crippen LogP contribution in [0.25, 0.3) is 0 Å². The smallest absolute Gasteiger partial charge is 0.271 e. The highest BCUT2D eigenvalue weighted by atomic mass is 32.3. The fraction of sp³-hybridized carbons (Fsp3) is 1.00. The van der Waals surface area contributed by atoms with Gasteiger partial charge < -0.3 is 0 Å². The molecule has 0 saturated heterocycles. The van der Waals surface area contributed by atoms with Crippen molar-refractivity contribution in [1.82, 2.24) is 4.13 Å². The van der Waals surface area contributed by atoms with Crippen molar-refractivity contribution >= 4 is 21.3 Å². The molecule has 0 aromatic heterocycles. The molecule has 110 valence electrons. The number of alkyl halides is 7. The van der Waals surface area contributed by atoms with E-state index in [1.165, 1.54) is 0 Å². The predicted octanol–water partition coefficient (Wildman–Crippen LogP) is 0.921. The Morgan fingerprint density at radius 1 is 1.17 bits per heavy atom. The summed E-state index contributed by atoms with van der Waals surface area (Å²) in [5.74, 6) is -4.78. The van der Waals surface area contributed by atoms with Crippen LogP contribution in [0.15, 0.2) is 0 Å². The first-order valence-electron chi connectivity index (χ1n) is 3.59. The normalized spacial score (nSPS) is 16.0. The van der Waals surface area contributed by atoms with Gasteiger partial charge in [-0.15, -0.1) is 4.13 Å². The van der Waals surface area contributed by atoms with Crippen LogP contribution in [0.4, 0.5) is 30.7 Å². The first-order chi connectivity index (χ1) is 7.79. The van der Waals surface area contributed by atoms with Crippen LogP contribution in [0, 0.1) is 0 Å². The molecule has 0 aliphatic rings. The lowest BCUT2D eigenvalue weighted by molar-refractivity contribution is -0.146. The Morgan fingerprint density at radius 2 is 1.61 bits per heavy atom. The molecule has 0 heterocycles. The zero-order valence-corrected chi connectivity index (χ0v) is 9.51. The van der Waals surface area contributed by atoms with Gasteiger partial charge in [-0.1, -0.05) is 0 Å². The molecule has 0 saturated carbocycles. The van der Waals surface area contributed by atoms with Gasteiger partial charge in [-0.05, 0) is 0 Å². The first-order valence-corrected chi connectivity index (χ1v) is 6.15. The van der Waals surface area contributed by atoms with E-state index in [-0.39, 0.29) is 0 Å². The van der Waals surface area contributed by atoms with Crippen molar-refractivity contribution in [2.45, 2.75) is 17.9 Å². The second-order valence-electron chi connectivity index (χ2n) is 2.59. The highest BCUT2D eigenvalue weighted by Crippen LogP contribution is 2.24. The van der Waals surface area contributed by atoms with Crippen LogP contribution in [0.5, 0.6) is 0 Å². The van der Waals surface area contributed by atoms with Crippen LogP contribution in [-0.2, 0) is 25.5 Å². The zero-order chi connectivity index (χ0) is 14.8. The van der Waals surface area contributed by atoms with Crippen molar-refractivity contribution in [3.05, 3.63) is 0 Å². The maximum atomic E-state index is 12.2. The van der Waals surface area contributed by atoms with Crippen molar-refractivity contribution in [3.63, 3.8) is 0 Å². The standard InChI is InChI=1S/C4H4F7NO4S2/c5-2(6)3(7,8)1-16-17(13)12-18(14,15)4(9,10)11/h2,12H,1H2. The number of sulfonamides is 1. The van der Waals surface area contributed by atoms with E-state index in [1.54, 1.807) is 0 Å². The quantitative estimate of drug-likeness (QED) is 0.737. The second-order valence-corrected chi connectivity index (χ2v) is 5.43. The molecule has 0 bridgehead atoms. The number of nitrogens with one attached hydrogen (secondary N) is 1. The summed E-state index contributed by atoms with van der Waals surface area (Å²) in [6, 6.07) is 0. The predicted molar refractivity (Wildman–Crippen MR) is 43.2 cm³/mol. The SMILES string of the molecule is O=S(NS(=O)(=O)C(F)(F)F)OCC(F)(F)C(F)F. The summed E-state index contributed by atoms with van der Waals surface area (Å²) in [5.41, 5.74) is -5.85. The second kappa shape index (κ2) is 5.66. The van der Waals surface area contributed by atoms with Crippen LogP contribution in [0.1, 0.15) is 0 Å². The molecule has 0 spiro atoms. The van der Waals surface area contributed by atoms with Crippen molar-refractivity contribution < 1.29 is 47.5 Å². The third kappa shape index (κ3) is 5.03. The molecular formula is C4H4F7NO4S2. The Kier molecular flexibility index (Phi) is 5.52. The average molecular weight is 327 g/mol. The Balaban J connectivity index is 4.49. The highest BCUT2D eigenvalue weighted by Gasteiger charge is 2.48. The molecule has 0 amide bonds. The van der Waals surface area contributed by atoms with Gasteiger partial charge in [-0.3, -0.25) is 4.18 Å².